The van der Waals surface area contributed by atoms with E-state index < -0.39 is 9.84 Å². The lowest BCUT2D eigenvalue weighted by Gasteiger charge is -2.17. The maximum Gasteiger partial charge on any atom is 0.166 e. The van der Waals surface area contributed by atoms with Crippen molar-refractivity contribution in [1.29, 1.82) is 0 Å². The summed E-state index contributed by atoms with van der Waals surface area (Å²) >= 11 is 4.90. The summed E-state index contributed by atoms with van der Waals surface area (Å²) in [7, 11) is -1.17. The molecule has 76 valence electrons. The Labute approximate surface area is 84.0 Å². The van der Waals surface area contributed by atoms with E-state index >= 15 is 0 Å². The molecule has 0 aliphatic carbocycles. The van der Waals surface area contributed by atoms with E-state index in [0.29, 0.717) is 11.5 Å². The highest BCUT2D eigenvalue weighted by atomic mass is 32.2. The van der Waals surface area contributed by atoms with Crippen molar-refractivity contribution >= 4 is 27.2 Å². The monoisotopic (exact) mass is 222 g/mol. The highest BCUT2D eigenvalue weighted by Gasteiger charge is 2.36. The van der Waals surface area contributed by atoms with Gasteiger partial charge in [-0.25, -0.2) is 8.42 Å². The van der Waals surface area contributed by atoms with Crippen LogP contribution in [0.3, 0.4) is 0 Å². The largest absolute Gasteiger partial charge is 0.366 e. The van der Waals surface area contributed by atoms with Crippen molar-refractivity contribution in [2.24, 2.45) is 0 Å². The molecule has 2 atom stereocenters. The summed E-state index contributed by atoms with van der Waals surface area (Å²) in [4.78, 5) is 0. The first-order valence-electron chi connectivity index (χ1n) is 4.17. The minimum atomic E-state index is -2.88. The van der Waals surface area contributed by atoms with E-state index in [9.17, 15) is 8.42 Å². The van der Waals surface area contributed by atoms with Gasteiger partial charge in [-0.05, 0) is 25.6 Å². The zero-order chi connectivity index (χ0) is 10.1. The van der Waals surface area contributed by atoms with Crippen LogP contribution in [0.1, 0.15) is 13.3 Å². The summed E-state index contributed by atoms with van der Waals surface area (Å²) in [6.07, 6.45) is 0.644. The quantitative estimate of drug-likeness (QED) is 0.594. The fourth-order valence-electron chi connectivity index (χ4n) is 1.39. The van der Waals surface area contributed by atoms with Gasteiger partial charge in [-0.2, -0.15) is 0 Å². The molecule has 0 unspecified atom stereocenters. The van der Waals surface area contributed by atoms with Gasteiger partial charge < -0.3 is 10.6 Å². The molecule has 0 aromatic carbocycles. The Morgan fingerprint density at radius 2 is 2.15 bits per heavy atom. The van der Waals surface area contributed by atoms with Gasteiger partial charge in [-0.3, -0.25) is 0 Å². The predicted molar refractivity (Wildman–Crippen MR) is 56.4 cm³/mol. The molecule has 0 spiro atoms. The summed E-state index contributed by atoms with van der Waals surface area (Å²) in [6, 6.07) is -0.0371. The Morgan fingerprint density at radius 1 is 1.54 bits per heavy atom. The van der Waals surface area contributed by atoms with E-state index in [-0.39, 0.29) is 17.0 Å². The lowest BCUT2D eigenvalue weighted by atomic mass is 10.2. The lowest BCUT2D eigenvalue weighted by Crippen LogP contribution is -2.44. The van der Waals surface area contributed by atoms with Crippen LogP contribution < -0.4 is 10.6 Å². The number of thiocarbonyl (C=S) groups is 1. The van der Waals surface area contributed by atoms with Crippen LogP contribution in [0.4, 0.5) is 0 Å². The van der Waals surface area contributed by atoms with Gasteiger partial charge in [-0.1, -0.05) is 0 Å². The molecule has 0 saturated carbocycles. The molecule has 0 bridgehead atoms. The number of nitrogens with one attached hydrogen (secondary N) is 2. The van der Waals surface area contributed by atoms with E-state index in [1.165, 1.54) is 0 Å². The third-order valence-electron chi connectivity index (χ3n) is 2.39. The van der Waals surface area contributed by atoms with Crippen LogP contribution in [0.25, 0.3) is 0 Å². The molecule has 1 saturated heterocycles. The van der Waals surface area contributed by atoms with E-state index in [1.807, 2.05) is 0 Å². The molecule has 4 nitrogen and oxygen atoms in total. The first-order valence-corrected chi connectivity index (χ1v) is 6.29. The average Bonchev–Trinajstić information content (AvgIpc) is 2.32. The number of hydrogen-bond acceptors (Lipinski definition) is 3. The maximum atomic E-state index is 11.3. The average molecular weight is 222 g/mol. The van der Waals surface area contributed by atoms with E-state index in [0.717, 1.165) is 0 Å². The first-order chi connectivity index (χ1) is 5.97. The number of sulfone groups is 1. The standard InChI is InChI=1S/C7H14N2O2S2/c1-5-6(9-7(12)8-2)3-4-13(5,10)11/h5-6H,3-4H2,1-2H3,(H2,8,9,12)/t5-,6-/m0/s1. The topological polar surface area (TPSA) is 58.2 Å². The zero-order valence-electron chi connectivity index (χ0n) is 7.70. The van der Waals surface area contributed by atoms with Crippen molar-refractivity contribution in [2.75, 3.05) is 12.8 Å². The van der Waals surface area contributed by atoms with Crippen LogP contribution >= 0.6 is 12.2 Å². The molecule has 0 aromatic rings. The van der Waals surface area contributed by atoms with Crippen molar-refractivity contribution in [3.05, 3.63) is 0 Å². The molecule has 1 heterocycles. The summed E-state index contributed by atoms with van der Waals surface area (Å²) in [5.41, 5.74) is 0. The van der Waals surface area contributed by atoms with Crippen LogP contribution in [-0.4, -0.2) is 37.6 Å². The first kappa shape index (κ1) is 10.7. The van der Waals surface area contributed by atoms with Crippen molar-refractivity contribution < 1.29 is 8.42 Å². The molecule has 1 aliphatic heterocycles. The minimum Gasteiger partial charge on any atom is -0.366 e. The Balaban J connectivity index is 2.61. The lowest BCUT2D eigenvalue weighted by molar-refractivity contribution is 0.571. The summed E-state index contributed by atoms with van der Waals surface area (Å²) < 4.78 is 22.7. The summed E-state index contributed by atoms with van der Waals surface area (Å²) in [6.45, 7) is 1.72. The Morgan fingerprint density at radius 3 is 2.54 bits per heavy atom. The summed E-state index contributed by atoms with van der Waals surface area (Å²) in [5, 5.41) is 5.91. The molecule has 1 fully saturated rings. The van der Waals surface area contributed by atoms with Crippen LogP contribution in [0, 0.1) is 0 Å². The number of hydrogen-bond donors (Lipinski definition) is 2. The van der Waals surface area contributed by atoms with Gasteiger partial charge in [0.2, 0.25) is 0 Å². The van der Waals surface area contributed by atoms with Crippen molar-refractivity contribution in [2.45, 2.75) is 24.6 Å². The highest BCUT2D eigenvalue weighted by Crippen LogP contribution is 2.19. The van der Waals surface area contributed by atoms with Gasteiger partial charge >= 0.3 is 0 Å². The highest BCUT2D eigenvalue weighted by molar-refractivity contribution is 7.92. The normalized spacial score (nSPS) is 31.2. The van der Waals surface area contributed by atoms with Crippen LogP contribution in [0.2, 0.25) is 0 Å². The van der Waals surface area contributed by atoms with Gasteiger partial charge in [0.15, 0.2) is 14.9 Å². The second-order valence-corrected chi connectivity index (χ2v) is 6.08. The predicted octanol–water partition coefficient (Wildman–Crippen LogP) is -0.344. The summed E-state index contributed by atoms with van der Waals surface area (Å²) in [5.74, 6) is 0.262. The maximum absolute atomic E-state index is 11.3. The van der Waals surface area contributed by atoms with Gasteiger partial charge in [0.25, 0.3) is 0 Å². The SMILES string of the molecule is CNC(=S)N[C@H]1CCS(=O)(=O)[C@H]1C. The molecule has 2 N–H and O–H groups in total. The van der Waals surface area contributed by atoms with Gasteiger partial charge in [0, 0.05) is 13.1 Å². The molecule has 0 aromatic heterocycles. The number of rotatable bonds is 1. The van der Waals surface area contributed by atoms with E-state index in [2.05, 4.69) is 10.6 Å². The van der Waals surface area contributed by atoms with Crippen molar-refractivity contribution in [1.82, 2.24) is 10.6 Å². The Kier molecular flexibility index (Phi) is 3.13. The fraction of sp³-hybridized carbons (Fsp3) is 0.857. The second-order valence-electron chi connectivity index (χ2n) is 3.19. The van der Waals surface area contributed by atoms with Crippen LogP contribution in [-0.2, 0) is 9.84 Å². The van der Waals surface area contributed by atoms with Crippen molar-refractivity contribution in [3.8, 4) is 0 Å². The molecular weight excluding hydrogens is 208 g/mol. The van der Waals surface area contributed by atoms with Crippen LogP contribution in [0.15, 0.2) is 0 Å². The Hall–Kier alpha value is -0.360. The molecule has 1 aliphatic rings. The van der Waals surface area contributed by atoms with Gasteiger partial charge in [0.05, 0.1) is 11.0 Å². The minimum absolute atomic E-state index is 0.0371. The zero-order valence-corrected chi connectivity index (χ0v) is 9.33. The van der Waals surface area contributed by atoms with Crippen molar-refractivity contribution in [3.63, 3.8) is 0 Å². The molecule has 0 radical (unpaired) electrons. The molecular formula is C7H14N2O2S2. The smallest absolute Gasteiger partial charge is 0.166 e. The van der Waals surface area contributed by atoms with Gasteiger partial charge in [-0.15, -0.1) is 0 Å². The fourth-order valence-corrected chi connectivity index (χ4v) is 3.20. The molecule has 13 heavy (non-hydrogen) atoms. The van der Waals surface area contributed by atoms with Gasteiger partial charge in [0.1, 0.15) is 0 Å². The van der Waals surface area contributed by atoms with Crippen LogP contribution in [0.5, 0.6) is 0 Å². The van der Waals surface area contributed by atoms with E-state index in [1.54, 1.807) is 14.0 Å². The molecule has 1 rings (SSSR count). The van der Waals surface area contributed by atoms with E-state index in [4.69, 9.17) is 12.2 Å². The third-order valence-corrected chi connectivity index (χ3v) is 4.98. The molecule has 6 heteroatoms. The Bertz CT molecular complexity index is 300. The molecule has 0 amide bonds. The third kappa shape index (κ3) is 2.31. The second kappa shape index (κ2) is 3.79.